The number of rotatable bonds is 7. The third-order valence-corrected chi connectivity index (χ3v) is 4.29. The number of methoxy groups -OCH3 is 1. The van der Waals surface area contributed by atoms with Gasteiger partial charge in [0.2, 0.25) is 11.1 Å². The molecule has 3 rings (SSSR count). The Morgan fingerprint density at radius 1 is 1.07 bits per heavy atom. The van der Waals surface area contributed by atoms with E-state index in [1.165, 1.54) is 7.11 Å². The minimum atomic E-state index is -4.76. The van der Waals surface area contributed by atoms with Gasteiger partial charge in [-0.3, -0.25) is 0 Å². The Morgan fingerprint density at radius 2 is 1.70 bits per heavy atom. The maximum Gasteiger partial charge on any atom is 0.461 e. The zero-order chi connectivity index (χ0) is 21.7. The van der Waals surface area contributed by atoms with E-state index in [4.69, 9.17) is 14.2 Å². The first kappa shape index (κ1) is 21.4. The number of ether oxygens (including phenoxy) is 4. The molecule has 0 aliphatic carbocycles. The molecule has 0 N–H and O–H groups in total. The van der Waals surface area contributed by atoms with Crippen LogP contribution in [0.4, 0.5) is 28.9 Å². The quantitative estimate of drug-likeness (QED) is 0.454. The fourth-order valence-electron chi connectivity index (χ4n) is 2.79. The number of hydrogen-bond donors (Lipinski definition) is 0. The molecule has 30 heavy (non-hydrogen) atoms. The van der Waals surface area contributed by atoms with Crippen LogP contribution in [0.3, 0.4) is 0 Å². The van der Waals surface area contributed by atoms with Crippen LogP contribution in [-0.2, 0) is 4.74 Å². The van der Waals surface area contributed by atoms with Gasteiger partial charge in [-0.2, -0.15) is 17.6 Å². The molecule has 7 nitrogen and oxygen atoms in total. The SMILES string of the molecule is COc1ccc(Oc2cc([N+]#N)c(OC(F)(F)C(F)F)cc2N2CCOCC2)cc1. The number of diazo groups is 1. The second-order valence-corrected chi connectivity index (χ2v) is 6.23. The summed E-state index contributed by atoms with van der Waals surface area (Å²) < 4.78 is 72.5. The second-order valence-electron chi connectivity index (χ2n) is 6.23. The number of benzene rings is 2. The van der Waals surface area contributed by atoms with Gasteiger partial charge < -0.3 is 23.8 Å². The van der Waals surface area contributed by atoms with Crippen LogP contribution in [0.2, 0.25) is 0 Å². The molecule has 1 aliphatic heterocycles. The third kappa shape index (κ3) is 4.83. The first-order valence-electron chi connectivity index (χ1n) is 8.87. The molecule has 160 valence electrons. The molecule has 0 spiro atoms. The van der Waals surface area contributed by atoms with Crippen molar-refractivity contribution >= 4 is 11.4 Å². The van der Waals surface area contributed by atoms with E-state index in [9.17, 15) is 23.0 Å². The summed E-state index contributed by atoms with van der Waals surface area (Å²) in [6.07, 6.45) is -8.83. The Labute approximate surface area is 169 Å². The Kier molecular flexibility index (Phi) is 6.47. The number of morpholine rings is 1. The number of alkyl halides is 4. The lowest BCUT2D eigenvalue weighted by Gasteiger charge is -2.30. The van der Waals surface area contributed by atoms with Crippen LogP contribution >= 0.6 is 0 Å². The maximum atomic E-state index is 13.5. The van der Waals surface area contributed by atoms with E-state index in [0.717, 1.165) is 12.1 Å². The maximum absolute atomic E-state index is 13.5. The highest BCUT2D eigenvalue weighted by atomic mass is 19.3. The van der Waals surface area contributed by atoms with Gasteiger partial charge in [-0.25, -0.2) is 0 Å². The minimum absolute atomic E-state index is 0.155. The number of nitrogens with zero attached hydrogens (tertiary/aromatic N) is 3. The van der Waals surface area contributed by atoms with E-state index in [-0.39, 0.29) is 5.75 Å². The van der Waals surface area contributed by atoms with Crippen LogP contribution in [-0.4, -0.2) is 45.9 Å². The summed E-state index contributed by atoms with van der Waals surface area (Å²) in [6, 6.07) is 8.75. The Hall–Kier alpha value is -3.26. The van der Waals surface area contributed by atoms with Crippen LogP contribution in [0.5, 0.6) is 23.0 Å². The lowest BCUT2D eigenvalue weighted by atomic mass is 10.2. The Balaban J connectivity index is 2.01. The predicted octanol–water partition coefficient (Wildman–Crippen LogP) is 5.05. The first-order chi connectivity index (χ1) is 14.3. The molecule has 0 radical (unpaired) electrons. The topological polar surface area (TPSA) is 68.3 Å². The third-order valence-electron chi connectivity index (χ3n) is 4.29. The molecule has 1 saturated heterocycles. The molecule has 0 unspecified atom stereocenters. The van der Waals surface area contributed by atoms with Gasteiger partial charge in [0.25, 0.3) is 0 Å². The zero-order valence-corrected chi connectivity index (χ0v) is 15.9. The summed E-state index contributed by atoms with van der Waals surface area (Å²) in [5.74, 6) is 0.425. The van der Waals surface area contributed by atoms with Crippen LogP contribution in [0, 0.1) is 5.39 Å². The van der Waals surface area contributed by atoms with E-state index in [2.05, 4.69) is 9.71 Å². The number of hydrogen-bond acceptors (Lipinski definition) is 6. The Bertz CT molecular complexity index is 913. The van der Waals surface area contributed by atoms with Crippen molar-refractivity contribution in [2.45, 2.75) is 12.5 Å². The molecule has 11 heteroatoms. The summed E-state index contributed by atoms with van der Waals surface area (Å²) in [6.45, 7) is 1.55. The fraction of sp³-hybridized carbons (Fsp3) is 0.368. The van der Waals surface area contributed by atoms with Gasteiger partial charge in [-0.05, 0) is 24.3 Å². The van der Waals surface area contributed by atoms with Gasteiger partial charge in [-0.15, -0.1) is 0 Å². The van der Waals surface area contributed by atoms with Crippen LogP contribution in [0.25, 0.3) is 4.98 Å². The molecule has 0 bridgehead atoms. The van der Waals surface area contributed by atoms with E-state index in [1.54, 1.807) is 29.2 Å². The monoisotopic (exact) mass is 428 g/mol. The molecule has 2 aromatic carbocycles. The molecule has 1 aliphatic rings. The average Bonchev–Trinajstić information content (AvgIpc) is 2.75. The van der Waals surface area contributed by atoms with Gasteiger partial charge in [0.15, 0.2) is 10.7 Å². The fourth-order valence-corrected chi connectivity index (χ4v) is 2.79. The molecular weight excluding hydrogens is 410 g/mol. The molecule has 1 fully saturated rings. The second kappa shape index (κ2) is 9.04. The minimum Gasteiger partial charge on any atom is -0.497 e. The standard InChI is InChI=1S/C19H18F4N3O4/c1-27-12-2-4-13(5-3-12)29-17-10-14(25-24)16(30-19(22,23)18(20)21)11-15(17)26-6-8-28-9-7-26/h2-5,10-11,18H,6-9H2,1H3/q+1. The van der Waals surface area contributed by atoms with E-state index in [1.807, 2.05) is 0 Å². The molecule has 0 aromatic heterocycles. The van der Waals surface area contributed by atoms with Gasteiger partial charge >= 0.3 is 18.2 Å². The number of anilines is 1. The van der Waals surface area contributed by atoms with E-state index >= 15 is 0 Å². The van der Waals surface area contributed by atoms with Crippen LogP contribution in [0.15, 0.2) is 36.4 Å². The smallest absolute Gasteiger partial charge is 0.461 e. The van der Waals surface area contributed by atoms with Crippen molar-refractivity contribution < 1.29 is 36.5 Å². The van der Waals surface area contributed by atoms with Crippen molar-refractivity contribution in [2.24, 2.45) is 0 Å². The summed E-state index contributed by atoms with van der Waals surface area (Å²) in [7, 11) is 1.51. The summed E-state index contributed by atoms with van der Waals surface area (Å²) >= 11 is 0. The van der Waals surface area contributed by atoms with Crippen molar-refractivity contribution in [3.05, 3.63) is 41.4 Å². The molecule has 1 heterocycles. The number of halogens is 4. The molecule has 0 atom stereocenters. The Morgan fingerprint density at radius 3 is 2.27 bits per heavy atom. The highest BCUT2D eigenvalue weighted by molar-refractivity contribution is 5.73. The van der Waals surface area contributed by atoms with Gasteiger partial charge in [-0.1, -0.05) is 0 Å². The van der Waals surface area contributed by atoms with E-state index < -0.39 is 24.0 Å². The van der Waals surface area contributed by atoms with Crippen molar-refractivity contribution in [2.75, 3.05) is 38.3 Å². The average molecular weight is 428 g/mol. The van der Waals surface area contributed by atoms with Crippen molar-refractivity contribution in [3.8, 4) is 23.0 Å². The molecular formula is C19H18F4N3O4+. The predicted molar refractivity (Wildman–Crippen MR) is 98.9 cm³/mol. The molecule has 2 aromatic rings. The summed E-state index contributed by atoms with van der Waals surface area (Å²) in [4.78, 5) is 4.64. The van der Waals surface area contributed by atoms with Crippen molar-refractivity contribution in [1.82, 2.24) is 0 Å². The van der Waals surface area contributed by atoms with Gasteiger partial charge in [0.05, 0.1) is 32.1 Å². The lowest BCUT2D eigenvalue weighted by molar-refractivity contribution is -0.252. The van der Waals surface area contributed by atoms with Gasteiger partial charge in [0, 0.05) is 19.2 Å². The van der Waals surface area contributed by atoms with Gasteiger partial charge in [0.1, 0.15) is 11.5 Å². The largest absolute Gasteiger partial charge is 0.497 e. The molecule has 0 saturated carbocycles. The van der Waals surface area contributed by atoms with E-state index in [0.29, 0.717) is 43.5 Å². The highest BCUT2D eigenvalue weighted by Gasteiger charge is 2.46. The summed E-state index contributed by atoms with van der Waals surface area (Å²) in [5, 5.41) is 9.22. The zero-order valence-electron chi connectivity index (χ0n) is 15.9. The van der Waals surface area contributed by atoms with Crippen molar-refractivity contribution in [1.29, 1.82) is 5.39 Å². The summed E-state index contributed by atoms with van der Waals surface area (Å²) in [5.41, 5.74) is -0.197. The first-order valence-corrected chi connectivity index (χ1v) is 8.87. The normalized spacial score (nSPS) is 14.4. The van der Waals surface area contributed by atoms with Crippen LogP contribution < -0.4 is 19.1 Å². The molecule has 0 amide bonds. The lowest BCUT2D eigenvalue weighted by Crippen LogP contribution is -2.36. The highest BCUT2D eigenvalue weighted by Crippen LogP contribution is 2.44. The van der Waals surface area contributed by atoms with Crippen molar-refractivity contribution in [3.63, 3.8) is 0 Å². The van der Waals surface area contributed by atoms with Crippen LogP contribution in [0.1, 0.15) is 0 Å².